The fraction of sp³-hybridized carbons (Fsp3) is 0.750. The Bertz CT molecular complexity index is 881. The van der Waals surface area contributed by atoms with Crippen LogP contribution in [-0.4, -0.2) is 66.5 Å². The van der Waals surface area contributed by atoms with Gasteiger partial charge in [-0.2, -0.15) is 0 Å². The number of rotatable bonds is 5. The monoisotopic (exact) mass is 444 g/mol. The van der Waals surface area contributed by atoms with E-state index in [-0.39, 0.29) is 0 Å². The molecule has 5 rings (SSSR count). The third-order valence-electron chi connectivity index (χ3n) is 7.20. The van der Waals surface area contributed by atoms with Gasteiger partial charge >= 0.3 is 0 Å². The van der Waals surface area contributed by atoms with Crippen LogP contribution in [0.15, 0.2) is 0 Å². The Hall–Kier alpha value is -1.28. The fourth-order valence-electron chi connectivity index (χ4n) is 5.21. The number of piperidine rings is 1. The van der Waals surface area contributed by atoms with E-state index in [0.717, 1.165) is 75.3 Å². The van der Waals surface area contributed by atoms with Crippen molar-refractivity contribution < 1.29 is 9.47 Å². The summed E-state index contributed by atoms with van der Waals surface area (Å²) in [7, 11) is 0. The Morgan fingerprint density at radius 1 is 0.935 bits per heavy atom. The first-order valence-electron chi connectivity index (χ1n) is 12.1. The highest BCUT2D eigenvalue weighted by Gasteiger charge is 2.27. The first-order chi connectivity index (χ1) is 15.2. The summed E-state index contributed by atoms with van der Waals surface area (Å²) in [5.41, 5.74) is 1.34. The molecule has 0 aromatic carbocycles. The number of thiophene rings is 1. The molecular formula is C24H36N4O2S. The third-order valence-corrected chi connectivity index (χ3v) is 8.30. The molecule has 3 fully saturated rings. The van der Waals surface area contributed by atoms with Crippen LogP contribution < -0.4 is 4.90 Å². The molecule has 0 radical (unpaired) electrons. The summed E-state index contributed by atoms with van der Waals surface area (Å²) >= 11 is 1.81. The quantitative estimate of drug-likeness (QED) is 0.679. The molecule has 6 nitrogen and oxygen atoms in total. The van der Waals surface area contributed by atoms with E-state index in [9.17, 15) is 0 Å². The lowest BCUT2D eigenvalue weighted by Crippen LogP contribution is -2.40. The Balaban J connectivity index is 1.33. The van der Waals surface area contributed by atoms with E-state index in [1.54, 1.807) is 0 Å². The average Bonchev–Trinajstić information content (AvgIpc) is 3.08. The first kappa shape index (κ1) is 21.6. The number of hydrogen-bond acceptors (Lipinski definition) is 7. The summed E-state index contributed by atoms with van der Waals surface area (Å²) < 4.78 is 12.0. The number of hydrogen-bond donors (Lipinski definition) is 0. The second-order valence-corrected chi connectivity index (χ2v) is 10.6. The zero-order valence-corrected chi connectivity index (χ0v) is 19.9. The van der Waals surface area contributed by atoms with Crippen molar-refractivity contribution in [1.29, 1.82) is 0 Å². The van der Waals surface area contributed by atoms with Crippen molar-refractivity contribution in [1.82, 2.24) is 14.9 Å². The van der Waals surface area contributed by atoms with Crippen LogP contribution >= 0.6 is 11.3 Å². The van der Waals surface area contributed by atoms with E-state index < -0.39 is 0 Å². The van der Waals surface area contributed by atoms with E-state index in [0.29, 0.717) is 12.2 Å². The van der Waals surface area contributed by atoms with Crippen molar-refractivity contribution in [3.63, 3.8) is 0 Å². The number of anilines is 1. The lowest BCUT2D eigenvalue weighted by atomic mass is 9.97. The smallest absolute Gasteiger partial charge is 0.146 e. The molecule has 31 heavy (non-hydrogen) atoms. The summed E-state index contributed by atoms with van der Waals surface area (Å²) in [6, 6.07) is 0. The van der Waals surface area contributed by atoms with Crippen molar-refractivity contribution >= 4 is 27.4 Å². The Morgan fingerprint density at radius 2 is 1.65 bits per heavy atom. The van der Waals surface area contributed by atoms with Gasteiger partial charge in [-0.3, -0.25) is 4.90 Å². The summed E-state index contributed by atoms with van der Waals surface area (Å²) in [5, 5.41) is 1.26. The summed E-state index contributed by atoms with van der Waals surface area (Å²) in [6.45, 7) is 10.8. The zero-order valence-electron chi connectivity index (χ0n) is 19.1. The summed E-state index contributed by atoms with van der Waals surface area (Å²) in [4.78, 5) is 17.5. The highest BCUT2D eigenvalue weighted by Crippen LogP contribution is 2.36. The second-order valence-electron chi connectivity index (χ2n) is 9.40. The predicted molar refractivity (Wildman–Crippen MR) is 126 cm³/mol. The number of fused-ring (bicyclic) bond motifs is 1. The standard InChI is InChI=1S/C24H36N4O2S/c1-17-18(2)31-24-22(17)23(25-21(26-24)16-27-12-14-29-15-13-27)28-10-8-20(9-11-28)30-19-6-4-3-5-7-19/h19-20H,3-16H2,1-2H3. The lowest BCUT2D eigenvalue weighted by Gasteiger charge is -2.36. The molecule has 0 amide bonds. The SMILES string of the molecule is Cc1sc2nc(CN3CCOCC3)nc(N3CCC(OC4CCCCC4)CC3)c2c1C. The molecule has 0 spiro atoms. The molecule has 170 valence electrons. The van der Waals surface area contributed by atoms with E-state index >= 15 is 0 Å². The minimum absolute atomic E-state index is 0.412. The first-order valence-corrected chi connectivity index (χ1v) is 13.0. The van der Waals surface area contributed by atoms with Crippen LogP contribution in [-0.2, 0) is 16.0 Å². The minimum atomic E-state index is 0.412. The molecule has 0 N–H and O–H groups in total. The second kappa shape index (κ2) is 9.69. The van der Waals surface area contributed by atoms with Crippen molar-refractivity contribution in [2.75, 3.05) is 44.3 Å². The van der Waals surface area contributed by atoms with Crippen molar-refractivity contribution in [3.05, 3.63) is 16.3 Å². The normalized spacial score (nSPS) is 22.5. The van der Waals surface area contributed by atoms with Gasteiger partial charge in [0.25, 0.3) is 0 Å². The molecule has 7 heteroatoms. The third kappa shape index (κ3) is 4.90. The molecule has 2 saturated heterocycles. The fourth-order valence-corrected chi connectivity index (χ4v) is 6.25. The van der Waals surface area contributed by atoms with Crippen LogP contribution in [0.2, 0.25) is 0 Å². The summed E-state index contributed by atoms with van der Waals surface area (Å²) in [6.07, 6.45) is 9.68. The van der Waals surface area contributed by atoms with Gasteiger partial charge in [-0.25, -0.2) is 9.97 Å². The van der Waals surface area contributed by atoms with E-state index in [1.165, 1.54) is 47.9 Å². The topological polar surface area (TPSA) is 50.7 Å². The maximum Gasteiger partial charge on any atom is 0.146 e. The Labute approximate surface area is 189 Å². The number of nitrogens with zero attached hydrogens (tertiary/aromatic N) is 4. The van der Waals surface area contributed by atoms with E-state index in [2.05, 4.69) is 23.6 Å². The highest BCUT2D eigenvalue weighted by atomic mass is 32.1. The van der Waals surface area contributed by atoms with Gasteiger partial charge in [-0.15, -0.1) is 11.3 Å². The predicted octanol–water partition coefficient (Wildman–Crippen LogP) is 4.46. The molecule has 0 bridgehead atoms. The molecule has 2 aromatic heterocycles. The number of aromatic nitrogens is 2. The molecule has 1 saturated carbocycles. The molecule has 3 aliphatic rings. The van der Waals surface area contributed by atoms with Gasteiger partial charge in [-0.1, -0.05) is 19.3 Å². The van der Waals surface area contributed by atoms with Crippen LogP contribution in [0, 0.1) is 13.8 Å². The maximum atomic E-state index is 6.48. The molecule has 4 heterocycles. The van der Waals surface area contributed by atoms with Gasteiger partial charge in [0.1, 0.15) is 16.5 Å². The Kier molecular flexibility index (Phi) is 6.74. The van der Waals surface area contributed by atoms with Crippen molar-refractivity contribution in [3.8, 4) is 0 Å². The number of aryl methyl sites for hydroxylation is 2. The molecule has 0 unspecified atom stereocenters. The van der Waals surface area contributed by atoms with Gasteiger partial charge in [0, 0.05) is 31.1 Å². The Morgan fingerprint density at radius 3 is 2.39 bits per heavy atom. The average molecular weight is 445 g/mol. The van der Waals surface area contributed by atoms with E-state index in [4.69, 9.17) is 19.4 Å². The van der Waals surface area contributed by atoms with Gasteiger partial charge < -0.3 is 14.4 Å². The zero-order chi connectivity index (χ0) is 21.2. The molecular weight excluding hydrogens is 408 g/mol. The van der Waals surface area contributed by atoms with Gasteiger partial charge in [0.15, 0.2) is 0 Å². The highest BCUT2D eigenvalue weighted by molar-refractivity contribution is 7.18. The molecule has 0 atom stereocenters. The van der Waals surface area contributed by atoms with Crippen LogP contribution in [0.1, 0.15) is 61.2 Å². The lowest BCUT2D eigenvalue weighted by molar-refractivity contribution is -0.0395. The van der Waals surface area contributed by atoms with Crippen LogP contribution in [0.25, 0.3) is 10.2 Å². The molecule has 2 aliphatic heterocycles. The van der Waals surface area contributed by atoms with Crippen LogP contribution in [0.5, 0.6) is 0 Å². The molecule has 1 aliphatic carbocycles. The maximum absolute atomic E-state index is 6.48. The minimum Gasteiger partial charge on any atom is -0.379 e. The molecule has 2 aromatic rings. The van der Waals surface area contributed by atoms with Crippen LogP contribution in [0.4, 0.5) is 5.82 Å². The van der Waals surface area contributed by atoms with E-state index in [1.807, 2.05) is 11.3 Å². The van der Waals surface area contributed by atoms with Crippen molar-refractivity contribution in [2.24, 2.45) is 0 Å². The van der Waals surface area contributed by atoms with Crippen LogP contribution in [0.3, 0.4) is 0 Å². The van der Waals surface area contributed by atoms with Gasteiger partial charge in [0.2, 0.25) is 0 Å². The van der Waals surface area contributed by atoms with Gasteiger partial charge in [0.05, 0.1) is 37.4 Å². The number of morpholine rings is 1. The van der Waals surface area contributed by atoms with Gasteiger partial charge in [-0.05, 0) is 45.1 Å². The summed E-state index contributed by atoms with van der Waals surface area (Å²) in [5.74, 6) is 2.09. The number of ether oxygens (including phenoxy) is 2. The van der Waals surface area contributed by atoms with Crippen molar-refractivity contribution in [2.45, 2.75) is 77.5 Å². The largest absolute Gasteiger partial charge is 0.379 e.